The van der Waals surface area contributed by atoms with E-state index in [2.05, 4.69) is 25.0 Å². The maximum atomic E-state index is 6.55. The SMILES string of the molecule is [C-]#CCC/C=C\CC.[Na+]. The van der Waals surface area contributed by atoms with Crippen LogP contribution in [-0.2, 0) is 0 Å². The molecule has 44 valence electrons. The molecule has 0 saturated heterocycles. The first kappa shape index (κ1) is 12.0. The molecule has 0 bridgehead atoms. The smallest absolute Gasteiger partial charge is 0.694 e. The molecule has 0 aliphatic carbocycles. The van der Waals surface area contributed by atoms with Gasteiger partial charge in [-0.15, -0.1) is 0 Å². The predicted molar refractivity (Wildman–Crippen MR) is 35.8 cm³/mol. The average Bonchev–Trinajstić information content (AvgIpc) is 1.81. The fourth-order valence-corrected chi connectivity index (χ4v) is 0.440. The van der Waals surface area contributed by atoms with Crippen LogP contribution in [0.4, 0.5) is 0 Å². The topological polar surface area (TPSA) is 0 Å². The molecule has 0 atom stereocenters. The quantitative estimate of drug-likeness (QED) is 0.156. The third-order valence-corrected chi connectivity index (χ3v) is 0.838. The van der Waals surface area contributed by atoms with Crippen LogP contribution in [0.3, 0.4) is 0 Å². The van der Waals surface area contributed by atoms with Crippen LogP contribution in [0.1, 0.15) is 26.2 Å². The first-order valence-electron chi connectivity index (χ1n) is 2.96. The summed E-state index contributed by atoms with van der Waals surface area (Å²) in [6, 6.07) is 0. The van der Waals surface area contributed by atoms with Gasteiger partial charge in [-0.1, -0.05) is 19.1 Å². The molecule has 0 aromatic rings. The Morgan fingerprint density at radius 3 is 2.56 bits per heavy atom. The van der Waals surface area contributed by atoms with Crippen molar-refractivity contribution in [2.45, 2.75) is 26.2 Å². The summed E-state index contributed by atoms with van der Waals surface area (Å²) >= 11 is 0. The molecule has 0 amide bonds. The van der Waals surface area contributed by atoms with E-state index in [1.54, 1.807) is 0 Å². The summed E-state index contributed by atoms with van der Waals surface area (Å²) in [6.45, 7) is 2.10. The van der Waals surface area contributed by atoms with Gasteiger partial charge >= 0.3 is 29.6 Å². The Kier molecular flexibility index (Phi) is 14.9. The molecule has 0 aromatic heterocycles. The normalized spacial score (nSPS) is 8.44. The van der Waals surface area contributed by atoms with Gasteiger partial charge in [0.25, 0.3) is 0 Å². The standard InChI is InChI=1S/C8H11.Na/c1-3-5-7-8-6-4-2;/h5,7H,3,6,8H2,1H3;/q-1;+1/b7-5-;. The first-order chi connectivity index (χ1) is 3.91. The van der Waals surface area contributed by atoms with Crippen molar-refractivity contribution in [1.82, 2.24) is 0 Å². The summed E-state index contributed by atoms with van der Waals surface area (Å²) in [5, 5.41) is 0. The van der Waals surface area contributed by atoms with Gasteiger partial charge in [-0.3, -0.25) is 0 Å². The minimum Gasteiger partial charge on any atom is -0.694 e. The molecule has 0 fully saturated rings. The van der Waals surface area contributed by atoms with Crippen LogP contribution >= 0.6 is 0 Å². The minimum absolute atomic E-state index is 0. The van der Waals surface area contributed by atoms with E-state index in [0.29, 0.717) is 0 Å². The van der Waals surface area contributed by atoms with Crippen molar-refractivity contribution in [3.05, 3.63) is 18.6 Å². The molecule has 9 heavy (non-hydrogen) atoms. The van der Waals surface area contributed by atoms with E-state index >= 15 is 0 Å². The molecule has 0 rings (SSSR count). The molecule has 0 radical (unpaired) electrons. The Morgan fingerprint density at radius 2 is 2.11 bits per heavy atom. The van der Waals surface area contributed by atoms with E-state index in [4.69, 9.17) is 6.42 Å². The van der Waals surface area contributed by atoms with Crippen molar-refractivity contribution in [2.24, 2.45) is 0 Å². The maximum Gasteiger partial charge on any atom is 1.00 e. The largest absolute Gasteiger partial charge is 1.00 e. The third kappa shape index (κ3) is 11.7. The van der Waals surface area contributed by atoms with Crippen molar-refractivity contribution >= 4 is 0 Å². The van der Waals surface area contributed by atoms with Crippen LogP contribution in [-0.4, -0.2) is 0 Å². The number of hydrogen-bond donors (Lipinski definition) is 0. The van der Waals surface area contributed by atoms with Crippen LogP contribution < -0.4 is 29.6 Å². The van der Waals surface area contributed by atoms with Crippen LogP contribution in [0, 0.1) is 12.3 Å². The molecule has 0 N–H and O–H groups in total. The van der Waals surface area contributed by atoms with E-state index < -0.39 is 0 Å². The molecule has 0 heterocycles. The second kappa shape index (κ2) is 11.1. The van der Waals surface area contributed by atoms with Gasteiger partial charge in [-0.25, -0.2) is 0 Å². The van der Waals surface area contributed by atoms with E-state index in [0.717, 1.165) is 19.3 Å². The van der Waals surface area contributed by atoms with E-state index in [-0.39, 0.29) is 29.6 Å². The molecule has 0 spiro atoms. The molecule has 0 saturated carbocycles. The molecule has 0 nitrogen and oxygen atoms in total. The molecule has 0 aliphatic rings. The van der Waals surface area contributed by atoms with Crippen molar-refractivity contribution in [3.63, 3.8) is 0 Å². The Bertz CT molecular complexity index is 97.6. The number of rotatable bonds is 3. The van der Waals surface area contributed by atoms with Crippen molar-refractivity contribution in [3.8, 4) is 5.92 Å². The van der Waals surface area contributed by atoms with Gasteiger partial charge < -0.3 is 12.3 Å². The maximum absolute atomic E-state index is 6.55. The van der Waals surface area contributed by atoms with E-state index in [9.17, 15) is 0 Å². The third-order valence-electron chi connectivity index (χ3n) is 0.838. The molecular formula is C8H11Na. The second-order valence-electron chi connectivity index (χ2n) is 1.60. The molecule has 0 unspecified atom stereocenters. The van der Waals surface area contributed by atoms with Crippen molar-refractivity contribution < 1.29 is 29.6 Å². The number of hydrogen-bond acceptors (Lipinski definition) is 0. The van der Waals surface area contributed by atoms with Gasteiger partial charge in [-0.2, -0.15) is 0 Å². The molecule has 0 aliphatic heterocycles. The van der Waals surface area contributed by atoms with E-state index in [1.807, 2.05) is 0 Å². The van der Waals surface area contributed by atoms with E-state index in [1.165, 1.54) is 0 Å². The Labute approximate surface area is 80.0 Å². The van der Waals surface area contributed by atoms with Crippen molar-refractivity contribution in [1.29, 1.82) is 0 Å². The average molecular weight is 130 g/mol. The van der Waals surface area contributed by atoms with Gasteiger partial charge in [0, 0.05) is 0 Å². The summed E-state index contributed by atoms with van der Waals surface area (Å²) < 4.78 is 0. The summed E-state index contributed by atoms with van der Waals surface area (Å²) in [5.74, 6) is 2.33. The predicted octanol–water partition coefficient (Wildman–Crippen LogP) is -0.673. The fourth-order valence-electron chi connectivity index (χ4n) is 0.440. The number of allylic oxidation sites excluding steroid dienone is 2. The summed E-state index contributed by atoms with van der Waals surface area (Å²) in [6.07, 6.45) is 13.6. The zero-order valence-electron chi connectivity index (χ0n) is 6.28. The Hall–Kier alpha value is 0.300. The Morgan fingerprint density at radius 1 is 1.44 bits per heavy atom. The zero-order chi connectivity index (χ0) is 6.24. The summed E-state index contributed by atoms with van der Waals surface area (Å²) in [7, 11) is 0. The Balaban J connectivity index is 0. The molecule has 1 heteroatoms. The van der Waals surface area contributed by atoms with Crippen molar-refractivity contribution in [2.75, 3.05) is 0 Å². The number of unbranched alkanes of at least 4 members (excludes halogenated alkanes) is 1. The summed E-state index contributed by atoms with van der Waals surface area (Å²) in [4.78, 5) is 0. The van der Waals surface area contributed by atoms with Gasteiger partial charge in [0.2, 0.25) is 0 Å². The minimum atomic E-state index is 0. The fraction of sp³-hybridized carbons (Fsp3) is 0.500. The molecule has 0 aromatic carbocycles. The molecular weight excluding hydrogens is 119 g/mol. The van der Waals surface area contributed by atoms with Gasteiger partial charge in [0.05, 0.1) is 0 Å². The zero-order valence-corrected chi connectivity index (χ0v) is 8.28. The van der Waals surface area contributed by atoms with Gasteiger partial charge in [0.1, 0.15) is 0 Å². The van der Waals surface area contributed by atoms with Gasteiger partial charge in [-0.05, 0) is 19.3 Å². The second-order valence-corrected chi connectivity index (χ2v) is 1.60. The van der Waals surface area contributed by atoms with Crippen LogP contribution in [0.5, 0.6) is 0 Å². The monoisotopic (exact) mass is 130 g/mol. The van der Waals surface area contributed by atoms with Crippen LogP contribution in [0.2, 0.25) is 0 Å². The summed E-state index contributed by atoms with van der Waals surface area (Å²) in [5.41, 5.74) is 0. The first-order valence-corrected chi connectivity index (χ1v) is 2.96. The van der Waals surface area contributed by atoms with Gasteiger partial charge in [0.15, 0.2) is 0 Å². The van der Waals surface area contributed by atoms with Crippen LogP contribution in [0.15, 0.2) is 12.2 Å². The van der Waals surface area contributed by atoms with Crippen LogP contribution in [0.25, 0.3) is 0 Å².